The van der Waals surface area contributed by atoms with Gasteiger partial charge in [-0.3, -0.25) is 0 Å². The van der Waals surface area contributed by atoms with Gasteiger partial charge in [-0.25, -0.2) is 0 Å². The Kier molecular flexibility index (Phi) is 9.20. The van der Waals surface area contributed by atoms with Gasteiger partial charge in [0.1, 0.15) is 0 Å². The van der Waals surface area contributed by atoms with Gasteiger partial charge in [-0.05, 0) is 104 Å². The summed E-state index contributed by atoms with van der Waals surface area (Å²) in [5.74, 6) is 0.571. The molecule has 9 aromatic carbocycles. The van der Waals surface area contributed by atoms with Crippen LogP contribution in [0.4, 0.5) is 17.1 Å². The summed E-state index contributed by atoms with van der Waals surface area (Å²) >= 11 is 1.88. The zero-order chi connectivity index (χ0) is 42.1. The summed E-state index contributed by atoms with van der Waals surface area (Å²) in [6.45, 7) is 4.76. The Morgan fingerprint density at radius 1 is 0.413 bits per heavy atom. The second-order valence-corrected chi connectivity index (χ2v) is 19.2. The van der Waals surface area contributed by atoms with Crippen LogP contribution in [0.3, 0.4) is 0 Å². The van der Waals surface area contributed by atoms with E-state index in [1.165, 1.54) is 130 Å². The molecule has 304 valence electrons. The van der Waals surface area contributed by atoms with Crippen LogP contribution in [0.2, 0.25) is 0 Å². The molecule has 1 saturated carbocycles. The molecule has 2 aliphatic rings. The fourth-order valence-electron chi connectivity index (χ4n) is 11.4. The lowest BCUT2D eigenvalue weighted by molar-refractivity contribution is 0.445. The minimum atomic E-state index is -0.109. The Morgan fingerprint density at radius 2 is 0.905 bits per heavy atom. The minimum absolute atomic E-state index is 0.109. The molecule has 1 aromatic heterocycles. The summed E-state index contributed by atoms with van der Waals surface area (Å²) in [4.78, 5) is 2.60. The van der Waals surface area contributed by atoms with E-state index < -0.39 is 0 Å². The molecule has 0 N–H and O–H groups in total. The lowest BCUT2D eigenvalue weighted by Gasteiger charge is -2.32. The van der Waals surface area contributed by atoms with Crippen LogP contribution in [0.5, 0.6) is 0 Å². The van der Waals surface area contributed by atoms with E-state index in [2.05, 4.69) is 213 Å². The maximum atomic E-state index is 2.60. The number of benzene rings is 9. The maximum absolute atomic E-state index is 2.60. The van der Waals surface area contributed by atoms with E-state index in [1.807, 2.05) is 11.3 Å². The van der Waals surface area contributed by atoms with Crippen molar-refractivity contribution in [3.63, 3.8) is 0 Å². The smallest absolute Gasteiger partial charge is 0.0540 e. The van der Waals surface area contributed by atoms with Gasteiger partial charge in [-0.15, -0.1) is 11.3 Å². The molecule has 0 saturated heterocycles. The summed E-state index contributed by atoms with van der Waals surface area (Å²) in [6.07, 6.45) is 6.46. The molecule has 2 aliphatic carbocycles. The van der Waals surface area contributed by atoms with Gasteiger partial charge < -0.3 is 4.90 Å². The highest BCUT2D eigenvalue weighted by atomic mass is 32.1. The van der Waals surface area contributed by atoms with Crippen molar-refractivity contribution in [1.82, 2.24) is 0 Å². The molecule has 0 amide bonds. The SMILES string of the molecule is CC1(C)c2ccccc2-c2c(-c3ccccc3N(c3ccccc3-c3cccc4cccc(C5CCCCC5)c34)c3ccccc3-c3cccc4sc5ccccc5c34)cccc21. The molecular formula is C61H49NS. The third-order valence-electron chi connectivity index (χ3n) is 14.3. The molecule has 0 spiro atoms. The van der Waals surface area contributed by atoms with Crippen LogP contribution in [0, 0.1) is 0 Å². The molecule has 0 unspecified atom stereocenters. The van der Waals surface area contributed by atoms with E-state index in [4.69, 9.17) is 0 Å². The van der Waals surface area contributed by atoms with E-state index in [0.717, 1.165) is 11.4 Å². The van der Waals surface area contributed by atoms with Crippen molar-refractivity contribution in [2.75, 3.05) is 4.90 Å². The number of nitrogens with zero attached hydrogens (tertiary/aromatic N) is 1. The van der Waals surface area contributed by atoms with Gasteiger partial charge in [0, 0.05) is 42.3 Å². The van der Waals surface area contributed by atoms with E-state index >= 15 is 0 Å². The van der Waals surface area contributed by atoms with Crippen LogP contribution in [-0.2, 0) is 5.41 Å². The lowest BCUT2D eigenvalue weighted by atomic mass is 9.80. The highest BCUT2D eigenvalue weighted by Gasteiger charge is 2.37. The molecule has 63 heavy (non-hydrogen) atoms. The normalized spacial score (nSPS) is 14.6. The fourth-order valence-corrected chi connectivity index (χ4v) is 12.5. The van der Waals surface area contributed by atoms with Crippen LogP contribution < -0.4 is 4.90 Å². The van der Waals surface area contributed by atoms with Crippen LogP contribution in [0.15, 0.2) is 194 Å². The first-order chi connectivity index (χ1) is 31.1. The zero-order valence-corrected chi connectivity index (χ0v) is 36.8. The molecule has 0 atom stereocenters. The number of para-hydroxylation sites is 3. The summed E-state index contributed by atoms with van der Waals surface area (Å²) < 4.78 is 2.62. The quantitative estimate of drug-likeness (QED) is 0.155. The number of hydrogen-bond acceptors (Lipinski definition) is 2. The third kappa shape index (κ3) is 6.10. The summed E-state index contributed by atoms with van der Waals surface area (Å²) in [5, 5.41) is 5.34. The van der Waals surface area contributed by atoms with Gasteiger partial charge in [0.15, 0.2) is 0 Å². The molecule has 2 heteroatoms. The summed E-state index contributed by atoms with van der Waals surface area (Å²) in [7, 11) is 0. The van der Waals surface area contributed by atoms with Crippen LogP contribution >= 0.6 is 11.3 Å². The average Bonchev–Trinajstić information content (AvgIpc) is 3.84. The number of fused-ring (bicyclic) bond motifs is 7. The predicted octanol–water partition coefficient (Wildman–Crippen LogP) is 18.0. The van der Waals surface area contributed by atoms with E-state index in [0.29, 0.717) is 5.92 Å². The molecule has 10 aromatic rings. The van der Waals surface area contributed by atoms with Gasteiger partial charge in [0.05, 0.1) is 17.1 Å². The monoisotopic (exact) mass is 827 g/mol. The Hall–Kier alpha value is -6.74. The Labute approximate surface area is 374 Å². The van der Waals surface area contributed by atoms with Gasteiger partial charge in [-0.2, -0.15) is 0 Å². The summed E-state index contributed by atoms with van der Waals surface area (Å²) in [5.41, 5.74) is 17.8. The highest BCUT2D eigenvalue weighted by Crippen LogP contribution is 2.55. The van der Waals surface area contributed by atoms with Crippen molar-refractivity contribution in [1.29, 1.82) is 0 Å². The zero-order valence-electron chi connectivity index (χ0n) is 35.9. The molecule has 1 heterocycles. The molecule has 1 fully saturated rings. The molecule has 0 bridgehead atoms. The molecule has 0 aliphatic heterocycles. The molecule has 1 nitrogen and oxygen atoms in total. The largest absolute Gasteiger partial charge is 0.309 e. The van der Waals surface area contributed by atoms with Crippen molar-refractivity contribution in [2.45, 2.75) is 57.3 Å². The molecular weight excluding hydrogens is 779 g/mol. The number of rotatable bonds is 7. The Balaban J connectivity index is 1.16. The average molecular weight is 828 g/mol. The second kappa shape index (κ2) is 15.3. The second-order valence-electron chi connectivity index (χ2n) is 18.1. The van der Waals surface area contributed by atoms with E-state index in [-0.39, 0.29) is 5.41 Å². The van der Waals surface area contributed by atoms with Gasteiger partial charge in [0.25, 0.3) is 0 Å². The number of hydrogen-bond donors (Lipinski definition) is 0. The lowest BCUT2D eigenvalue weighted by Crippen LogP contribution is -2.15. The van der Waals surface area contributed by atoms with Crippen molar-refractivity contribution in [2.24, 2.45) is 0 Å². The van der Waals surface area contributed by atoms with Crippen molar-refractivity contribution in [3.05, 3.63) is 211 Å². The van der Waals surface area contributed by atoms with E-state index in [9.17, 15) is 0 Å². The van der Waals surface area contributed by atoms with Crippen LogP contribution in [0.1, 0.15) is 68.6 Å². The van der Waals surface area contributed by atoms with Crippen molar-refractivity contribution < 1.29 is 0 Å². The van der Waals surface area contributed by atoms with Gasteiger partial charge in [-0.1, -0.05) is 197 Å². The van der Waals surface area contributed by atoms with Crippen molar-refractivity contribution >= 4 is 59.3 Å². The predicted molar refractivity (Wildman–Crippen MR) is 271 cm³/mol. The number of thiophene rings is 1. The summed E-state index contributed by atoms with van der Waals surface area (Å²) in [6, 6.07) is 73.2. The fraction of sp³-hybridized carbons (Fsp3) is 0.148. The first-order valence-electron chi connectivity index (χ1n) is 22.8. The van der Waals surface area contributed by atoms with Gasteiger partial charge >= 0.3 is 0 Å². The minimum Gasteiger partial charge on any atom is -0.309 e. The van der Waals surface area contributed by atoms with Crippen molar-refractivity contribution in [3.8, 4) is 44.5 Å². The topological polar surface area (TPSA) is 3.24 Å². The first kappa shape index (κ1) is 38.0. The first-order valence-corrected chi connectivity index (χ1v) is 23.6. The van der Waals surface area contributed by atoms with E-state index in [1.54, 1.807) is 0 Å². The third-order valence-corrected chi connectivity index (χ3v) is 15.4. The molecule has 0 radical (unpaired) electrons. The molecule has 12 rings (SSSR count). The number of anilines is 3. The Morgan fingerprint density at radius 3 is 1.62 bits per heavy atom. The standard InChI is InChI=1S/C61H49NS/c1-61(2)51-33-11-6-27-49(51)59-47(31-18-34-52(59)61)44-25-8-13-36-54(44)62(55-37-14-9-26-45(55)48-32-19-39-57-60(48)50-28-10-15-38-56(50)63-57)53-35-12-7-24-43(53)46-30-17-23-41-22-16-29-42(58(41)46)40-20-4-3-5-21-40/h6-19,22-40H,3-5,20-21H2,1-2H3. The highest BCUT2D eigenvalue weighted by molar-refractivity contribution is 7.25. The van der Waals surface area contributed by atoms with Crippen LogP contribution in [-0.4, -0.2) is 0 Å². The van der Waals surface area contributed by atoms with Gasteiger partial charge in [0.2, 0.25) is 0 Å². The Bertz CT molecular complexity index is 3370. The van der Waals surface area contributed by atoms with Crippen LogP contribution in [0.25, 0.3) is 75.5 Å². The maximum Gasteiger partial charge on any atom is 0.0540 e.